The molecule has 1 atom stereocenters. The van der Waals surface area contributed by atoms with Crippen molar-refractivity contribution in [2.24, 2.45) is 0 Å². The molecule has 0 aliphatic carbocycles. The number of anilines is 1. The number of rotatable bonds is 4. The van der Waals surface area contributed by atoms with E-state index >= 15 is 0 Å². The largest absolute Gasteiger partial charge is 0.453 e. The Morgan fingerprint density at radius 1 is 1.00 bits per heavy atom. The zero-order chi connectivity index (χ0) is 15.8. The number of halogens is 5. The minimum atomic E-state index is -5.68. The van der Waals surface area contributed by atoms with Crippen molar-refractivity contribution in [3.05, 3.63) is 29.8 Å². The molecule has 0 heterocycles. The van der Waals surface area contributed by atoms with Crippen molar-refractivity contribution in [3.63, 3.8) is 0 Å². The number of benzene rings is 1. The normalized spacial score (nSPS) is 15.8. The van der Waals surface area contributed by atoms with E-state index in [9.17, 15) is 27.1 Å². The molecule has 7 heteroatoms. The van der Waals surface area contributed by atoms with E-state index < -0.39 is 24.1 Å². The monoisotopic (exact) mass is 297 g/mol. The standard InChI is InChI=1S/C13H16F5NO/c1-11(20,8-12(14,15)13(16,17)18)9-4-6-10(7-5-9)19(2)3/h4-7,20H,8H2,1-3H3. The van der Waals surface area contributed by atoms with Crippen LogP contribution in [0.4, 0.5) is 27.6 Å². The van der Waals surface area contributed by atoms with Crippen molar-refractivity contribution in [3.8, 4) is 0 Å². The van der Waals surface area contributed by atoms with E-state index in [1.165, 1.54) is 24.3 Å². The molecule has 1 rings (SSSR count). The van der Waals surface area contributed by atoms with Gasteiger partial charge in [0.2, 0.25) is 0 Å². The van der Waals surface area contributed by atoms with Crippen LogP contribution in [-0.2, 0) is 5.60 Å². The molecule has 0 spiro atoms. The maximum absolute atomic E-state index is 13.0. The van der Waals surface area contributed by atoms with Crippen molar-refractivity contribution in [2.45, 2.75) is 31.0 Å². The highest BCUT2D eigenvalue weighted by Gasteiger charge is 2.59. The molecule has 20 heavy (non-hydrogen) atoms. The first-order chi connectivity index (χ1) is 8.87. The second-order valence-corrected chi connectivity index (χ2v) is 5.09. The average molecular weight is 297 g/mol. The Morgan fingerprint density at radius 2 is 1.45 bits per heavy atom. The zero-order valence-corrected chi connectivity index (χ0v) is 11.3. The molecule has 2 nitrogen and oxygen atoms in total. The van der Waals surface area contributed by atoms with Gasteiger partial charge in [0.15, 0.2) is 0 Å². The lowest BCUT2D eigenvalue weighted by atomic mass is 9.89. The Kier molecular flexibility index (Phi) is 4.34. The number of aliphatic hydroxyl groups is 1. The molecule has 1 N–H and O–H groups in total. The molecule has 0 aliphatic rings. The van der Waals surface area contributed by atoms with Crippen LogP contribution >= 0.6 is 0 Å². The van der Waals surface area contributed by atoms with Crippen LogP contribution < -0.4 is 4.90 Å². The van der Waals surface area contributed by atoms with Crippen LogP contribution in [0.3, 0.4) is 0 Å². The van der Waals surface area contributed by atoms with Crippen molar-refractivity contribution < 1.29 is 27.1 Å². The number of hydrogen-bond donors (Lipinski definition) is 1. The molecule has 114 valence electrons. The first kappa shape index (κ1) is 16.7. The molecule has 0 bridgehead atoms. The summed E-state index contributed by atoms with van der Waals surface area (Å²) in [5.74, 6) is -4.95. The molecule has 0 fully saturated rings. The highest BCUT2D eigenvalue weighted by Crippen LogP contribution is 2.43. The van der Waals surface area contributed by atoms with Gasteiger partial charge in [-0.25, -0.2) is 0 Å². The predicted octanol–water partition coefficient (Wildman–Crippen LogP) is 3.55. The van der Waals surface area contributed by atoms with Gasteiger partial charge in [0.1, 0.15) is 0 Å². The quantitative estimate of drug-likeness (QED) is 0.859. The lowest BCUT2D eigenvalue weighted by molar-refractivity contribution is -0.296. The maximum atomic E-state index is 13.0. The Balaban J connectivity index is 2.99. The summed E-state index contributed by atoms with van der Waals surface area (Å²) >= 11 is 0. The summed E-state index contributed by atoms with van der Waals surface area (Å²) in [4.78, 5) is 1.74. The van der Waals surface area contributed by atoms with Gasteiger partial charge in [-0.15, -0.1) is 0 Å². The Hall–Kier alpha value is -1.37. The zero-order valence-electron chi connectivity index (χ0n) is 11.3. The highest BCUT2D eigenvalue weighted by atomic mass is 19.4. The van der Waals surface area contributed by atoms with E-state index in [0.717, 1.165) is 12.6 Å². The van der Waals surface area contributed by atoms with Crippen LogP contribution in [0, 0.1) is 0 Å². The van der Waals surface area contributed by atoms with Gasteiger partial charge in [-0.1, -0.05) is 12.1 Å². The van der Waals surface area contributed by atoms with E-state index in [4.69, 9.17) is 0 Å². The molecule has 1 aromatic carbocycles. The van der Waals surface area contributed by atoms with Crippen LogP contribution in [-0.4, -0.2) is 31.3 Å². The van der Waals surface area contributed by atoms with E-state index in [-0.39, 0.29) is 5.56 Å². The van der Waals surface area contributed by atoms with Gasteiger partial charge in [0, 0.05) is 19.8 Å². The lowest BCUT2D eigenvalue weighted by Crippen LogP contribution is -2.42. The SMILES string of the molecule is CN(C)c1ccc(C(C)(O)CC(F)(F)C(F)(F)F)cc1. The van der Waals surface area contributed by atoms with Gasteiger partial charge in [0.25, 0.3) is 0 Å². The van der Waals surface area contributed by atoms with Crippen molar-refractivity contribution in [1.29, 1.82) is 0 Å². The Labute approximate surface area is 113 Å². The van der Waals surface area contributed by atoms with Crippen molar-refractivity contribution in [1.82, 2.24) is 0 Å². The molecular formula is C13H16F5NO. The van der Waals surface area contributed by atoms with Crippen molar-refractivity contribution >= 4 is 5.69 Å². The Bertz CT molecular complexity index is 451. The maximum Gasteiger partial charge on any atom is 0.453 e. The summed E-state index contributed by atoms with van der Waals surface area (Å²) in [7, 11) is 3.51. The molecular weight excluding hydrogens is 281 g/mol. The third kappa shape index (κ3) is 3.59. The van der Waals surface area contributed by atoms with Gasteiger partial charge in [-0.3, -0.25) is 0 Å². The fourth-order valence-corrected chi connectivity index (χ4v) is 1.75. The second-order valence-electron chi connectivity index (χ2n) is 5.09. The van der Waals surface area contributed by atoms with Gasteiger partial charge in [-0.05, 0) is 24.6 Å². The summed E-state index contributed by atoms with van der Waals surface area (Å²) in [5.41, 5.74) is -1.52. The molecule has 0 amide bonds. The third-order valence-electron chi connectivity index (χ3n) is 2.99. The van der Waals surface area contributed by atoms with Crippen LogP contribution in [0.15, 0.2) is 24.3 Å². The van der Waals surface area contributed by atoms with Gasteiger partial charge < -0.3 is 10.0 Å². The van der Waals surface area contributed by atoms with Crippen LogP contribution in [0.2, 0.25) is 0 Å². The molecule has 0 aliphatic heterocycles. The van der Waals surface area contributed by atoms with E-state index in [1.54, 1.807) is 19.0 Å². The summed E-state index contributed by atoms with van der Waals surface area (Å²) in [6, 6.07) is 5.74. The lowest BCUT2D eigenvalue weighted by Gasteiger charge is -2.30. The fraction of sp³-hybridized carbons (Fsp3) is 0.538. The van der Waals surface area contributed by atoms with E-state index in [2.05, 4.69) is 0 Å². The second kappa shape index (κ2) is 5.20. The van der Waals surface area contributed by atoms with E-state index in [1.807, 2.05) is 0 Å². The molecule has 0 radical (unpaired) electrons. The minimum Gasteiger partial charge on any atom is -0.385 e. The smallest absolute Gasteiger partial charge is 0.385 e. The van der Waals surface area contributed by atoms with Crippen LogP contribution in [0.1, 0.15) is 18.9 Å². The molecule has 0 saturated heterocycles. The Morgan fingerprint density at radius 3 is 1.80 bits per heavy atom. The number of hydrogen-bond acceptors (Lipinski definition) is 2. The summed E-state index contributed by atoms with van der Waals surface area (Å²) in [6.07, 6.45) is -7.40. The minimum absolute atomic E-state index is 0.00650. The third-order valence-corrected chi connectivity index (χ3v) is 2.99. The van der Waals surface area contributed by atoms with E-state index in [0.29, 0.717) is 0 Å². The summed E-state index contributed by atoms with van der Waals surface area (Å²) < 4.78 is 62.6. The average Bonchev–Trinajstić information content (AvgIpc) is 2.26. The fourth-order valence-electron chi connectivity index (χ4n) is 1.75. The topological polar surface area (TPSA) is 23.5 Å². The number of nitrogens with zero attached hydrogens (tertiary/aromatic N) is 1. The first-order valence-electron chi connectivity index (χ1n) is 5.82. The van der Waals surface area contributed by atoms with Crippen LogP contribution in [0.5, 0.6) is 0 Å². The molecule has 1 aromatic rings. The molecule has 0 aromatic heterocycles. The molecule has 0 saturated carbocycles. The van der Waals surface area contributed by atoms with Gasteiger partial charge in [-0.2, -0.15) is 22.0 Å². The van der Waals surface area contributed by atoms with Crippen LogP contribution in [0.25, 0.3) is 0 Å². The summed E-state index contributed by atoms with van der Waals surface area (Å²) in [6.45, 7) is 0.942. The highest BCUT2D eigenvalue weighted by molar-refractivity contribution is 5.46. The van der Waals surface area contributed by atoms with Crippen molar-refractivity contribution in [2.75, 3.05) is 19.0 Å². The predicted molar refractivity (Wildman–Crippen MR) is 66.0 cm³/mol. The number of alkyl halides is 5. The summed E-state index contributed by atoms with van der Waals surface area (Å²) in [5, 5.41) is 9.92. The van der Waals surface area contributed by atoms with Gasteiger partial charge in [0.05, 0.1) is 12.0 Å². The first-order valence-corrected chi connectivity index (χ1v) is 5.82. The molecule has 1 unspecified atom stereocenters. The van der Waals surface area contributed by atoms with Gasteiger partial charge >= 0.3 is 12.1 Å².